The van der Waals surface area contributed by atoms with Crippen LogP contribution in [-0.2, 0) is 33.1 Å². The summed E-state index contributed by atoms with van der Waals surface area (Å²) >= 11 is 0. The maximum absolute atomic E-state index is 12.8. The molecule has 20 nitrogen and oxygen atoms in total. The van der Waals surface area contributed by atoms with E-state index >= 15 is 0 Å². The topological polar surface area (TPSA) is 298 Å². The highest BCUT2D eigenvalue weighted by Crippen LogP contribution is 2.26. The van der Waals surface area contributed by atoms with Crippen LogP contribution >= 0.6 is 0 Å². The van der Waals surface area contributed by atoms with Crippen LogP contribution in [0.4, 0.5) is 35.2 Å². The Bertz CT molecular complexity index is 2860. The van der Waals surface area contributed by atoms with Crippen LogP contribution in [0.15, 0.2) is 94.7 Å². The van der Waals surface area contributed by atoms with Crippen molar-refractivity contribution in [1.29, 1.82) is 0 Å². The van der Waals surface area contributed by atoms with Gasteiger partial charge in [0.05, 0.1) is 31.3 Å². The van der Waals surface area contributed by atoms with Crippen LogP contribution in [0.25, 0.3) is 12.2 Å². The van der Waals surface area contributed by atoms with Gasteiger partial charge >= 0.3 is 0 Å². The molecule has 2 heterocycles. The van der Waals surface area contributed by atoms with Gasteiger partial charge in [0.1, 0.15) is 16.5 Å². The summed E-state index contributed by atoms with van der Waals surface area (Å²) in [4.78, 5) is 29.8. The molecule has 8 N–H and O–H groups in total. The molecule has 2 aromatic heterocycles. The third-order valence-corrected chi connectivity index (χ3v) is 11.7. The lowest BCUT2D eigenvalue weighted by Gasteiger charge is -2.21. The van der Waals surface area contributed by atoms with E-state index in [1.54, 1.807) is 52.3 Å². The van der Waals surface area contributed by atoms with Gasteiger partial charge in [-0.25, -0.2) is 4.98 Å². The number of aryl methyl sites for hydroxylation is 2. The summed E-state index contributed by atoms with van der Waals surface area (Å²) < 4.78 is 68.3. The van der Waals surface area contributed by atoms with Gasteiger partial charge in [0.2, 0.25) is 23.8 Å². The lowest BCUT2D eigenvalue weighted by Crippen LogP contribution is -2.32. The number of nitrogens with one attached hydrogen (secondary N) is 2. The van der Waals surface area contributed by atoms with Crippen LogP contribution in [-0.4, -0.2) is 129 Å². The predicted molar refractivity (Wildman–Crippen MR) is 248 cm³/mol. The summed E-state index contributed by atoms with van der Waals surface area (Å²) in [5, 5.41) is 44.8. The second-order valence-corrected chi connectivity index (χ2v) is 17.8. The molecule has 0 radical (unpaired) electrons. The van der Waals surface area contributed by atoms with Crippen LogP contribution in [0.5, 0.6) is 0 Å². The quantitative estimate of drug-likeness (QED) is 0.0356. The van der Waals surface area contributed by atoms with E-state index in [1.807, 2.05) is 38.1 Å². The number of rotatable bonds is 22. The maximum atomic E-state index is 12.8. The maximum Gasteiger partial charge on any atom is 0.295 e. The van der Waals surface area contributed by atoms with E-state index in [1.165, 1.54) is 30.3 Å². The molecule has 0 saturated heterocycles. The first-order chi connectivity index (χ1) is 31.5. The van der Waals surface area contributed by atoms with Crippen LogP contribution in [0.3, 0.4) is 0 Å². The number of aliphatic hydroxyl groups excluding tert-OH is 4. The molecule has 348 valence electrons. The number of aromatic nitrogens is 6. The minimum Gasteiger partial charge on any atom is -0.395 e. The number of hydrogen-bond donors (Lipinski definition) is 8. The van der Waals surface area contributed by atoms with Crippen LogP contribution in [0.2, 0.25) is 0 Å². The van der Waals surface area contributed by atoms with Gasteiger partial charge in [-0.3, -0.25) is 9.11 Å². The van der Waals surface area contributed by atoms with Gasteiger partial charge in [0.25, 0.3) is 20.2 Å². The Morgan fingerprint density at radius 3 is 1.55 bits per heavy atom. The Morgan fingerprint density at radius 2 is 1.02 bits per heavy atom. The van der Waals surface area contributed by atoms with Crippen molar-refractivity contribution in [2.75, 3.05) is 73.0 Å². The van der Waals surface area contributed by atoms with Crippen molar-refractivity contribution in [2.24, 2.45) is 0 Å². The minimum atomic E-state index is -4.71. The summed E-state index contributed by atoms with van der Waals surface area (Å²) in [5.41, 5.74) is 5.19. The molecule has 0 unspecified atom stereocenters. The summed E-state index contributed by atoms with van der Waals surface area (Å²) in [6.07, 6.45) is 3.72. The van der Waals surface area contributed by atoms with Gasteiger partial charge in [-0.15, -0.1) is 0 Å². The van der Waals surface area contributed by atoms with E-state index in [0.29, 0.717) is 40.6 Å². The molecule has 22 heteroatoms. The van der Waals surface area contributed by atoms with E-state index in [0.717, 1.165) is 16.7 Å². The van der Waals surface area contributed by atoms with E-state index in [-0.39, 0.29) is 98.2 Å². The molecular weight excluding hydrogens is 893 g/mol. The number of hydrogen-bond acceptors (Lipinski definition) is 18. The van der Waals surface area contributed by atoms with Gasteiger partial charge in [-0.2, -0.15) is 41.8 Å². The fourth-order valence-electron chi connectivity index (χ4n) is 6.69. The Labute approximate surface area is 382 Å². The zero-order valence-electron chi connectivity index (χ0n) is 36.0. The zero-order valence-corrected chi connectivity index (χ0v) is 37.7. The molecule has 0 saturated carbocycles. The third kappa shape index (κ3) is 13.5. The number of benzene rings is 4. The smallest absolute Gasteiger partial charge is 0.295 e. The van der Waals surface area contributed by atoms with E-state index in [2.05, 4.69) is 40.5 Å². The number of anilines is 6. The van der Waals surface area contributed by atoms with Crippen molar-refractivity contribution < 1.29 is 46.4 Å². The molecule has 6 rings (SSSR count). The summed E-state index contributed by atoms with van der Waals surface area (Å²) in [5.74, 6) is 1.26. The van der Waals surface area contributed by atoms with Crippen molar-refractivity contribution >= 4 is 67.6 Å². The highest BCUT2D eigenvalue weighted by Gasteiger charge is 2.19. The molecular formula is C44H50N10O10S2. The van der Waals surface area contributed by atoms with Crippen LogP contribution in [0, 0.1) is 13.8 Å². The predicted octanol–water partition coefficient (Wildman–Crippen LogP) is 3.59. The average Bonchev–Trinajstić information content (AvgIpc) is 3.26. The Hall–Kier alpha value is -6.50. The van der Waals surface area contributed by atoms with Crippen molar-refractivity contribution in [2.45, 2.75) is 36.5 Å². The largest absolute Gasteiger partial charge is 0.395 e. The lowest BCUT2D eigenvalue weighted by atomic mass is 10.0. The Balaban J connectivity index is 1.25. The molecule has 0 aliphatic carbocycles. The lowest BCUT2D eigenvalue weighted by molar-refractivity contribution is 0.279. The summed E-state index contributed by atoms with van der Waals surface area (Å²) in [6, 6.07) is 23.1. The average molecular weight is 943 g/mol. The normalized spacial score (nSPS) is 11.8. The molecule has 0 aliphatic rings. The standard InChI is InChI=1S/C44H50N10O10S2/c1-29-3-5-31(6-4-29)27-39-47-40(49-43(48-39)53(17-21-55)18-22-56)28-32-7-8-34(38(26-32)66(62,63)64)10-9-33-11-12-36(25-30(33)2)46-42-50-41(51-44(52-42)54(19-23-57)20-24-58)45-35-13-15-37(16-14-35)65(59,60)61/h3-16,25-26,55-58H,17-24,27-28H2,1-2H3,(H,59,60,61)(H,62,63,64)(H2,45,46,50,51,52)/b10-9+. The molecule has 0 fully saturated rings. The van der Waals surface area contributed by atoms with E-state index in [4.69, 9.17) is 0 Å². The van der Waals surface area contributed by atoms with E-state index in [9.17, 15) is 46.4 Å². The molecule has 66 heavy (non-hydrogen) atoms. The summed E-state index contributed by atoms with van der Waals surface area (Å²) in [7, 11) is -9.12. The first-order valence-corrected chi connectivity index (χ1v) is 23.4. The second kappa shape index (κ2) is 22.1. The van der Waals surface area contributed by atoms with Crippen molar-refractivity contribution in [1.82, 2.24) is 29.9 Å². The number of nitrogens with zero attached hydrogens (tertiary/aromatic N) is 8. The van der Waals surface area contributed by atoms with Gasteiger partial charge < -0.3 is 40.9 Å². The minimum absolute atomic E-state index is 0.0450. The van der Waals surface area contributed by atoms with Crippen LogP contribution in [0.1, 0.15) is 45.0 Å². The highest BCUT2D eigenvalue weighted by molar-refractivity contribution is 7.86. The number of aliphatic hydroxyl groups is 4. The van der Waals surface area contributed by atoms with Crippen molar-refractivity contribution in [3.05, 3.63) is 130 Å². The SMILES string of the molecule is Cc1ccc(Cc2nc(Cc3ccc(/C=C/c4ccc(Nc5nc(Nc6ccc(S(=O)(=O)O)cc6)nc(N(CCO)CCO)n5)cc4C)c(S(=O)(=O)O)c3)nc(N(CCO)CCO)n2)cc1. The van der Waals surface area contributed by atoms with Gasteiger partial charge in [0, 0.05) is 50.4 Å². The molecule has 4 aromatic carbocycles. The third-order valence-electron chi connectivity index (χ3n) is 9.96. The van der Waals surface area contributed by atoms with E-state index < -0.39 is 20.2 Å². The molecule has 0 spiro atoms. The molecule has 0 atom stereocenters. The molecule has 0 aliphatic heterocycles. The first-order valence-electron chi connectivity index (χ1n) is 20.5. The monoisotopic (exact) mass is 942 g/mol. The Kier molecular flexibility index (Phi) is 16.4. The van der Waals surface area contributed by atoms with Gasteiger partial charge in [0.15, 0.2) is 0 Å². The molecule has 0 amide bonds. The molecule has 6 aromatic rings. The molecule has 0 bridgehead atoms. The second-order valence-electron chi connectivity index (χ2n) is 15.0. The fraction of sp³-hybridized carbons (Fsp3) is 0.273. The summed E-state index contributed by atoms with van der Waals surface area (Å²) in [6.45, 7) is 3.43. The van der Waals surface area contributed by atoms with Crippen molar-refractivity contribution in [3.63, 3.8) is 0 Å². The first kappa shape index (κ1) is 48.9. The van der Waals surface area contributed by atoms with Gasteiger partial charge in [-0.1, -0.05) is 60.2 Å². The fourth-order valence-corrected chi connectivity index (χ4v) is 7.90. The van der Waals surface area contributed by atoms with Crippen LogP contribution < -0.4 is 20.4 Å². The van der Waals surface area contributed by atoms with Gasteiger partial charge in [-0.05, 0) is 84.1 Å². The Morgan fingerprint density at radius 1 is 0.530 bits per heavy atom. The highest BCUT2D eigenvalue weighted by atomic mass is 32.2. The zero-order chi connectivity index (χ0) is 47.4. The van der Waals surface area contributed by atoms with Crippen molar-refractivity contribution in [3.8, 4) is 0 Å².